The second-order valence-corrected chi connectivity index (χ2v) is 10.3. The van der Waals surface area contributed by atoms with Gasteiger partial charge in [-0.05, 0) is 23.8 Å². The second kappa shape index (κ2) is 11.2. The molecule has 3 rings (SSSR count). The Balaban J connectivity index is 1.74. The summed E-state index contributed by atoms with van der Waals surface area (Å²) in [7, 11) is 0. The number of morpholine rings is 1. The number of nitrogens with zero attached hydrogens (tertiary/aromatic N) is 3. The number of ether oxygens (including phenoxy) is 1. The van der Waals surface area contributed by atoms with Crippen LogP contribution in [0.15, 0.2) is 30.3 Å². The van der Waals surface area contributed by atoms with E-state index in [0.717, 1.165) is 5.56 Å². The standard InChI is InChI=1S/C25H37N5O4/c1-24(2,3)15-20(27-23(33)29-11-13-34-14-12-29)22(32)28-25(18-26)9-10-30(21(25)17-31)16-19-7-5-4-6-8-19/h4-8,20-21,31H,9-17H2,1-3H3,(H,27,33)(H,28,32). The molecule has 3 amide bonds. The van der Waals surface area contributed by atoms with Crippen LogP contribution >= 0.6 is 0 Å². The fourth-order valence-corrected chi connectivity index (χ4v) is 4.67. The van der Waals surface area contributed by atoms with Crippen LogP contribution < -0.4 is 10.6 Å². The Morgan fingerprint density at radius 2 is 1.91 bits per heavy atom. The van der Waals surface area contributed by atoms with Gasteiger partial charge in [0.2, 0.25) is 5.91 Å². The third-order valence-corrected chi connectivity index (χ3v) is 6.48. The Labute approximate surface area is 202 Å². The number of hydrogen-bond donors (Lipinski definition) is 3. The second-order valence-electron chi connectivity index (χ2n) is 10.3. The Bertz CT molecular complexity index is 876. The quantitative estimate of drug-likeness (QED) is 0.554. The van der Waals surface area contributed by atoms with Crippen molar-refractivity contribution in [1.82, 2.24) is 20.4 Å². The zero-order valence-corrected chi connectivity index (χ0v) is 20.4. The van der Waals surface area contributed by atoms with Gasteiger partial charge in [-0.2, -0.15) is 5.26 Å². The molecule has 0 bridgehead atoms. The topological polar surface area (TPSA) is 118 Å². The number of aliphatic hydroxyl groups excluding tert-OH is 1. The first kappa shape index (κ1) is 25.9. The van der Waals surface area contributed by atoms with Crippen molar-refractivity contribution >= 4 is 11.9 Å². The van der Waals surface area contributed by atoms with Crippen molar-refractivity contribution in [3.63, 3.8) is 0 Å². The molecule has 3 unspecified atom stereocenters. The minimum absolute atomic E-state index is 0.231. The van der Waals surface area contributed by atoms with E-state index >= 15 is 0 Å². The molecule has 0 aliphatic carbocycles. The number of urea groups is 1. The molecular weight excluding hydrogens is 434 g/mol. The number of carbonyl (C=O) groups excluding carboxylic acids is 2. The van der Waals surface area contributed by atoms with E-state index in [0.29, 0.717) is 52.2 Å². The molecular formula is C25H37N5O4. The molecule has 0 spiro atoms. The van der Waals surface area contributed by atoms with Crippen molar-refractivity contribution in [2.24, 2.45) is 5.41 Å². The van der Waals surface area contributed by atoms with Crippen molar-refractivity contribution in [3.8, 4) is 6.07 Å². The summed E-state index contributed by atoms with van der Waals surface area (Å²) >= 11 is 0. The van der Waals surface area contributed by atoms with Crippen LogP contribution in [-0.2, 0) is 16.1 Å². The van der Waals surface area contributed by atoms with Crippen molar-refractivity contribution in [1.29, 1.82) is 5.26 Å². The molecule has 2 saturated heterocycles. The number of aliphatic hydroxyl groups is 1. The van der Waals surface area contributed by atoms with Gasteiger partial charge in [-0.15, -0.1) is 0 Å². The lowest BCUT2D eigenvalue weighted by Gasteiger charge is -2.35. The number of benzene rings is 1. The van der Waals surface area contributed by atoms with Gasteiger partial charge in [-0.25, -0.2) is 4.79 Å². The number of nitriles is 1. The maximum atomic E-state index is 13.5. The smallest absolute Gasteiger partial charge is 0.318 e. The molecule has 0 radical (unpaired) electrons. The number of amides is 3. The summed E-state index contributed by atoms with van der Waals surface area (Å²) in [5.41, 5.74) is -0.393. The zero-order valence-electron chi connectivity index (χ0n) is 20.4. The highest BCUT2D eigenvalue weighted by Gasteiger charge is 2.49. The molecule has 3 N–H and O–H groups in total. The average Bonchev–Trinajstić information content (AvgIpc) is 3.15. The molecule has 1 aromatic rings. The molecule has 1 aromatic carbocycles. The first-order valence-corrected chi connectivity index (χ1v) is 11.9. The van der Waals surface area contributed by atoms with Crippen LogP contribution in [0.4, 0.5) is 4.79 Å². The first-order chi connectivity index (χ1) is 16.2. The van der Waals surface area contributed by atoms with Gasteiger partial charge in [-0.1, -0.05) is 51.1 Å². The third-order valence-electron chi connectivity index (χ3n) is 6.48. The highest BCUT2D eigenvalue weighted by atomic mass is 16.5. The molecule has 2 aliphatic heterocycles. The molecule has 3 atom stereocenters. The van der Waals surface area contributed by atoms with Gasteiger partial charge in [0, 0.05) is 26.2 Å². The van der Waals surface area contributed by atoms with E-state index in [9.17, 15) is 20.0 Å². The molecule has 186 valence electrons. The molecule has 2 aliphatic rings. The van der Waals surface area contributed by atoms with E-state index < -0.39 is 23.5 Å². The number of rotatable bonds is 7. The molecule has 0 aromatic heterocycles. The lowest BCUT2D eigenvalue weighted by molar-refractivity contribution is -0.125. The van der Waals surface area contributed by atoms with Gasteiger partial charge in [0.25, 0.3) is 0 Å². The third kappa shape index (κ3) is 6.47. The molecule has 2 heterocycles. The van der Waals surface area contributed by atoms with E-state index in [1.54, 1.807) is 4.90 Å². The maximum Gasteiger partial charge on any atom is 0.318 e. The fourth-order valence-electron chi connectivity index (χ4n) is 4.67. The zero-order chi connectivity index (χ0) is 24.8. The van der Waals surface area contributed by atoms with Gasteiger partial charge in [0.05, 0.1) is 31.9 Å². The predicted octanol–water partition coefficient (Wildman–Crippen LogP) is 1.48. The minimum Gasteiger partial charge on any atom is -0.395 e. The predicted molar refractivity (Wildman–Crippen MR) is 128 cm³/mol. The Hall–Kier alpha value is -2.67. The van der Waals surface area contributed by atoms with Gasteiger partial charge < -0.3 is 25.4 Å². The number of nitrogens with one attached hydrogen (secondary N) is 2. The first-order valence-electron chi connectivity index (χ1n) is 11.9. The lowest BCUT2D eigenvalue weighted by Crippen LogP contribution is -2.62. The van der Waals surface area contributed by atoms with Crippen LogP contribution in [0.1, 0.15) is 39.2 Å². The number of likely N-dealkylation sites (tertiary alicyclic amines) is 1. The van der Waals surface area contributed by atoms with Gasteiger partial charge in [0.1, 0.15) is 11.6 Å². The van der Waals surface area contributed by atoms with Gasteiger partial charge in [0.15, 0.2) is 0 Å². The summed E-state index contributed by atoms with van der Waals surface area (Å²) in [6, 6.07) is 10.5. The van der Waals surface area contributed by atoms with Gasteiger partial charge >= 0.3 is 6.03 Å². The molecule has 9 heteroatoms. The fraction of sp³-hybridized carbons (Fsp3) is 0.640. The van der Waals surface area contributed by atoms with Crippen LogP contribution in [0, 0.1) is 16.7 Å². The summed E-state index contributed by atoms with van der Waals surface area (Å²) in [6.45, 7) is 8.77. The summed E-state index contributed by atoms with van der Waals surface area (Å²) in [5.74, 6) is -0.405. The van der Waals surface area contributed by atoms with Crippen LogP contribution in [0.25, 0.3) is 0 Å². The van der Waals surface area contributed by atoms with Crippen LogP contribution in [0.3, 0.4) is 0 Å². The molecule has 0 saturated carbocycles. The Morgan fingerprint density at radius 3 is 2.50 bits per heavy atom. The Kier molecular flexibility index (Phi) is 8.52. The van der Waals surface area contributed by atoms with Crippen LogP contribution in [0.5, 0.6) is 0 Å². The average molecular weight is 472 g/mol. The highest BCUT2D eigenvalue weighted by molar-refractivity contribution is 5.88. The molecule has 2 fully saturated rings. The van der Waals surface area contributed by atoms with Crippen molar-refractivity contribution < 1.29 is 19.4 Å². The van der Waals surface area contributed by atoms with Crippen LogP contribution in [0.2, 0.25) is 0 Å². The van der Waals surface area contributed by atoms with Crippen molar-refractivity contribution in [2.75, 3.05) is 39.5 Å². The van der Waals surface area contributed by atoms with Crippen molar-refractivity contribution in [2.45, 2.75) is 57.8 Å². The van der Waals surface area contributed by atoms with E-state index in [4.69, 9.17) is 4.74 Å². The maximum absolute atomic E-state index is 13.5. The van der Waals surface area contributed by atoms with E-state index in [-0.39, 0.29) is 18.1 Å². The normalized spacial score (nSPS) is 24.3. The highest BCUT2D eigenvalue weighted by Crippen LogP contribution is 2.30. The van der Waals surface area contributed by atoms with Crippen molar-refractivity contribution in [3.05, 3.63) is 35.9 Å². The van der Waals surface area contributed by atoms with E-state index in [1.165, 1.54) is 0 Å². The minimum atomic E-state index is -1.24. The number of hydrogen-bond acceptors (Lipinski definition) is 6. The van der Waals surface area contributed by atoms with E-state index in [1.807, 2.05) is 56.0 Å². The summed E-state index contributed by atoms with van der Waals surface area (Å²) in [4.78, 5) is 30.0. The Morgan fingerprint density at radius 1 is 1.24 bits per heavy atom. The SMILES string of the molecule is CC(C)(C)CC(NC(=O)N1CCOCC1)C(=O)NC1(C#N)CCN(Cc2ccccc2)C1CO. The number of carbonyl (C=O) groups is 2. The lowest BCUT2D eigenvalue weighted by atomic mass is 9.86. The monoisotopic (exact) mass is 471 g/mol. The summed E-state index contributed by atoms with van der Waals surface area (Å²) in [6.07, 6.45) is 0.806. The summed E-state index contributed by atoms with van der Waals surface area (Å²) in [5, 5.41) is 26.1. The van der Waals surface area contributed by atoms with Crippen LogP contribution in [-0.4, -0.2) is 83.9 Å². The van der Waals surface area contributed by atoms with E-state index in [2.05, 4.69) is 16.7 Å². The summed E-state index contributed by atoms with van der Waals surface area (Å²) < 4.78 is 5.31. The molecule has 9 nitrogen and oxygen atoms in total. The molecule has 34 heavy (non-hydrogen) atoms. The van der Waals surface area contributed by atoms with Gasteiger partial charge in [-0.3, -0.25) is 9.69 Å². The largest absolute Gasteiger partial charge is 0.395 e.